The smallest absolute Gasteiger partial charge is 0.330 e. The van der Waals surface area contributed by atoms with Crippen molar-refractivity contribution < 1.29 is 9.63 Å². The van der Waals surface area contributed by atoms with Crippen LogP contribution in [0.3, 0.4) is 0 Å². The monoisotopic (exact) mass is 334 g/mol. The van der Waals surface area contributed by atoms with Crippen LogP contribution in [0.1, 0.15) is 45.6 Å². The van der Waals surface area contributed by atoms with Crippen molar-refractivity contribution >= 4 is 17.6 Å². The van der Waals surface area contributed by atoms with Crippen LogP contribution in [0, 0.1) is 16.7 Å². The van der Waals surface area contributed by atoms with Gasteiger partial charge in [0.05, 0.1) is 11.5 Å². The second-order valence-electron chi connectivity index (χ2n) is 7.18. The maximum Gasteiger partial charge on any atom is 0.330 e. The van der Waals surface area contributed by atoms with Gasteiger partial charge in [0.15, 0.2) is 0 Å². The predicted molar refractivity (Wildman–Crippen MR) is 89.7 cm³/mol. The Hall–Kier alpha value is -1.57. The summed E-state index contributed by atoms with van der Waals surface area (Å²) >= 11 is 5.97. The number of hydroxylamine groups is 2. The van der Waals surface area contributed by atoms with Gasteiger partial charge in [-0.25, -0.2) is 4.79 Å². The Bertz CT molecular complexity index is 591. The van der Waals surface area contributed by atoms with Crippen LogP contribution in [-0.4, -0.2) is 24.1 Å². The standard InChI is InChI=1S/C18H23ClN2O2/c1-17(2,3)16(22)23-21-12-9-18(8-11-20,10-13-21)14-4-6-15(19)7-5-14/h4-7H,8-10,12-13H2,1-3H3. The van der Waals surface area contributed by atoms with Crippen LogP contribution >= 0.6 is 11.6 Å². The first kappa shape index (κ1) is 17.8. The van der Waals surface area contributed by atoms with E-state index in [1.807, 2.05) is 45.0 Å². The van der Waals surface area contributed by atoms with Gasteiger partial charge in [-0.2, -0.15) is 5.26 Å². The summed E-state index contributed by atoms with van der Waals surface area (Å²) in [7, 11) is 0. The Labute approximate surface area is 142 Å². The average Bonchev–Trinajstić information content (AvgIpc) is 2.49. The highest BCUT2D eigenvalue weighted by Gasteiger charge is 2.38. The molecule has 0 atom stereocenters. The molecule has 1 aliphatic heterocycles. The normalized spacial score (nSPS) is 18.2. The number of hydrogen-bond donors (Lipinski definition) is 0. The highest BCUT2D eigenvalue weighted by molar-refractivity contribution is 6.30. The zero-order chi connectivity index (χ0) is 17.1. The van der Waals surface area contributed by atoms with Crippen LogP contribution in [-0.2, 0) is 15.0 Å². The van der Waals surface area contributed by atoms with Crippen molar-refractivity contribution in [1.29, 1.82) is 5.26 Å². The van der Waals surface area contributed by atoms with Gasteiger partial charge >= 0.3 is 5.97 Å². The quantitative estimate of drug-likeness (QED) is 0.835. The molecule has 1 aliphatic rings. The fraction of sp³-hybridized carbons (Fsp3) is 0.556. The lowest BCUT2D eigenvalue weighted by Gasteiger charge is -2.40. The summed E-state index contributed by atoms with van der Waals surface area (Å²) in [5, 5.41) is 11.7. The lowest BCUT2D eigenvalue weighted by atomic mass is 9.71. The van der Waals surface area contributed by atoms with Crippen LogP contribution in [0.2, 0.25) is 5.02 Å². The van der Waals surface area contributed by atoms with E-state index in [1.54, 1.807) is 5.06 Å². The summed E-state index contributed by atoms with van der Waals surface area (Å²) in [6.45, 7) is 6.78. The van der Waals surface area contributed by atoms with Crippen LogP contribution in [0.15, 0.2) is 24.3 Å². The molecule has 5 heteroatoms. The van der Waals surface area contributed by atoms with Crippen molar-refractivity contribution in [2.75, 3.05) is 13.1 Å². The molecule has 4 nitrogen and oxygen atoms in total. The summed E-state index contributed by atoms with van der Waals surface area (Å²) < 4.78 is 0. The van der Waals surface area contributed by atoms with E-state index in [1.165, 1.54) is 0 Å². The van der Waals surface area contributed by atoms with Gasteiger partial charge < -0.3 is 4.84 Å². The van der Waals surface area contributed by atoms with E-state index < -0.39 is 5.41 Å². The maximum absolute atomic E-state index is 12.0. The van der Waals surface area contributed by atoms with Gasteiger partial charge in [-0.1, -0.05) is 23.7 Å². The van der Waals surface area contributed by atoms with E-state index in [4.69, 9.17) is 16.4 Å². The van der Waals surface area contributed by atoms with Crippen molar-refractivity contribution in [2.45, 2.75) is 45.4 Å². The second kappa shape index (κ2) is 6.90. The minimum absolute atomic E-state index is 0.190. The lowest BCUT2D eigenvalue weighted by molar-refractivity contribution is -0.207. The molecule has 0 unspecified atom stereocenters. The number of piperidine rings is 1. The van der Waals surface area contributed by atoms with Crippen LogP contribution in [0.25, 0.3) is 0 Å². The van der Waals surface area contributed by atoms with Crippen molar-refractivity contribution in [2.24, 2.45) is 5.41 Å². The lowest BCUT2D eigenvalue weighted by Crippen LogP contribution is -2.44. The number of nitrogens with zero attached hydrogens (tertiary/aromatic N) is 2. The molecular formula is C18H23ClN2O2. The van der Waals surface area contributed by atoms with E-state index in [0.717, 1.165) is 18.4 Å². The van der Waals surface area contributed by atoms with Gasteiger partial charge in [0, 0.05) is 29.9 Å². The molecule has 0 aliphatic carbocycles. The topological polar surface area (TPSA) is 53.3 Å². The van der Waals surface area contributed by atoms with Gasteiger partial charge in [-0.15, -0.1) is 5.06 Å². The summed E-state index contributed by atoms with van der Waals surface area (Å²) in [6, 6.07) is 10.0. The van der Waals surface area contributed by atoms with Crippen molar-refractivity contribution in [3.63, 3.8) is 0 Å². The highest BCUT2D eigenvalue weighted by atomic mass is 35.5. The SMILES string of the molecule is CC(C)(C)C(=O)ON1CCC(CC#N)(c2ccc(Cl)cc2)CC1. The van der Waals surface area contributed by atoms with E-state index in [-0.39, 0.29) is 11.4 Å². The number of hydrogen-bond acceptors (Lipinski definition) is 4. The number of carbonyl (C=O) groups is 1. The molecule has 0 bridgehead atoms. The molecule has 0 amide bonds. The Morgan fingerprint density at radius 2 is 1.87 bits per heavy atom. The zero-order valence-corrected chi connectivity index (χ0v) is 14.7. The van der Waals surface area contributed by atoms with Gasteiger partial charge in [0.1, 0.15) is 0 Å². The Morgan fingerprint density at radius 1 is 1.30 bits per heavy atom. The molecule has 0 saturated carbocycles. The molecule has 124 valence electrons. The number of rotatable bonds is 3. The zero-order valence-electron chi connectivity index (χ0n) is 13.9. The Morgan fingerprint density at radius 3 is 2.35 bits per heavy atom. The third-order valence-corrected chi connectivity index (χ3v) is 4.63. The number of benzene rings is 1. The molecule has 2 rings (SSSR count). The van der Waals surface area contributed by atoms with Crippen molar-refractivity contribution in [3.05, 3.63) is 34.9 Å². The number of carbonyl (C=O) groups excluding carboxylic acids is 1. The molecule has 0 N–H and O–H groups in total. The number of nitriles is 1. The second-order valence-corrected chi connectivity index (χ2v) is 7.62. The molecule has 0 aromatic heterocycles. The third-order valence-electron chi connectivity index (χ3n) is 4.38. The van der Waals surface area contributed by atoms with Crippen LogP contribution < -0.4 is 0 Å². The van der Waals surface area contributed by atoms with E-state index in [0.29, 0.717) is 24.5 Å². The van der Waals surface area contributed by atoms with E-state index >= 15 is 0 Å². The molecule has 0 radical (unpaired) electrons. The first-order chi connectivity index (χ1) is 10.8. The van der Waals surface area contributed by atoms with Gasteiger partial charge in [0.25, 0.3) is 0 Å². The van der Waals surface area contributed by atoms with Crippen LogP contribution in [0.4, 0.5) is 0 Å². The minimum atomic E-state index is -0.516. The molecule has 1 aromatic carbocycles. The first-order valence-corrected chi connectivity index (χ1v) is 8.25. The molecule has 0 spiro atoms. The first-order valence-electron chi connectivity index (χ1n) is 7.87. The summed E-state index contributed by atoms with van der Waals surface area (Å²) in [4.78, 5) is 17.5. The molecule has 23 heavy (non-hydrogen) atoms. The van der Waals surface area contributed by atoms with Crippen molar-refractivity contribution in [1.82, 2.24) is 5.06 Å². The predicted octanol–water partition coefficient (Wildman–Crippen LogP) is 4.09. The molecule has 1 heterocycles. The van der Waals surface area contributed by atoms with Crippen molar-refractivity contribution in [3.8, 4) is 6.07 Å². The molecule has 1 fully saturated rings. The highest BCUT2D eigenvalue weighted by Crippen LogP contribution is 2.39. The summed E-state index contributed by atoms with van der Waals surface area (Å²) in [6.07, 6.45) is 2.01. The molecular weight excluding hydrogens is 312 g/mol. The van der Waals surface area contributed by atoms with Gasteiger partial charge in [-0.05, 0) is 51.3 Å². The summed E-state index contributed by atoms with van der Waals surface area (Å²) in [5.74, 6) is -0.225. The minimum Gasteiger partial charge on any atom is -0.367 e. The molecule has 1 aromatic rings. The van der Waals surface area contributed by atoms with Crippen LogP contribution in [0.5, 0.6) is 0 Å². The largest absolute Gasteiger partial charge is 0.367 e. The third kappa shape index (κ3) is 4.25. The van der Waals surface area contributed by atoms with E-state index in [2.05, 4.69) is 6.07 Å². The summed E-state index contributed by atoms with van der Waals surface area (Å²) in [5.41, 5.74) is 0.423. The van der Waals surface area contributed by atoms with Gasteiger partial charge in [0.2, 0.25) is 0 Å². The number of halogens is 1. The fourth-order valence-corrected chi connectivity index (χ4v) is 2.91. The van der Waals surface area contributed by atoms with E-state index in [9.17, 15) is 10.1 Å². The molecule has 1 saturated heterocycles. The Balaban J connectivity index is 2.08. The van der Waals surface area contributed by atoms with Gasteiger partial charge in [-0.3, -0.25) is 0 Å². The fourth-order valence-electron chi connectivity index (χ4n) is 2.78. The maximum atomic E-state index is 12.0. The Kier molecular flexibility index (Phi) is 5.33. The average molecular weight is 335 g/mol.